The van der Waals surface area contributed by atoms with E-state index in [0.29, 0.717) is 31.4 Å². The van der Waals surface area contributed by atoms with Gasteiger partial charge in [0.05, 0.1) is 13.0 Å². The maximum atomic E-state index is 11.5. The van der Waals surface area contributed by atoms with Crippen LogP contribution in [0.2, 0.25) is 0 Å². The molecule has 1 rings (SSSR count). The fraction of sp³-hybridized carbons (Fsp3) is 0.667. The van der Waals surface area contributed by atoms with Gasteiger partial charge in [-0.1, -0.05) is 20.8 Å². The summed E-state index contributed by atoms with van der Waals surface area (Å²) in [4.78, 5) is 11.5. The van der Waals surface area contributed by atoms with Crippen LogP contribution in [0.4, 0.5) is 5.82 Å². The Morgan fingerprint density at radius 2 is 2.29 bits per heavy atom. The monoisotopic (exact) mass is 239 g/mol. The SMILES string of the molecule is CCCOCCC(=O)Nc1cc(C(C)C)[nH]n1. The highest BCUT2D eigenvalue weighted by Crippen LogP contribution is 2.14. The largest absolute Gasteiger partial charge is 0.381 e. The molecule has 0 unspecified atom stereocenters. The molecule has 17 heavy (non-hydrogen) atoms. The van der Waals surface area contributed by atoms with Crippen LogP contribution in [-0.4, -0.2) is 29.3 Å². The summed E-state index contributed by atoms with van der Waals surface area (Å²) in [6, 6.07) is 1.86. The number of amides is 1. The van der Waals surface area contributed by atoms with Crippen LogP contribution in [0.25, 0.3) is 0 Å². The fourth-order valence-corrected chi connectivity index (χ4v) is 1.31. The number of ether oxygens (including phenoxy) is 1. The zero-order valence-corrected chi connectivity index (χ0v) is 10.7. The van der Waals surface area contributed by atoms with E-state index in [1.165, 1.54) is 0 Å². The van der Waals surface area contributed by atoms with E-state index in [4.69, 9.17) is 4.74 Å². The molecule has 5 heteroatoms. The number of nitrogens with zero attached hydrogens (tertiary/aromatic N) is 1. The van der Waals surface area contributed by atoms with Crippen LogP contribution < -0.4 is 5.32 Å². The van der Waals surface area contributed by atoms with E-state index in [0.717, 1.165) is 12.1 Å². The minimum Gasteiger partial charge on any atom is -0.381 e. The molecule has 0 radical (unpaired) electrons. The molecule has 1 heterocycles. The molecule has 0 aromatic carbocycles. The number of H-pyrrole nitrogens is 1. The summed E-state index contributed by atoms with van der Waals surface area (Å²) in [5.74, 6) is 0.887. The Hall–Kier alpha value is -1.36. The molecule has 1 aromatic rings. The number of anilines is 1. The Morgan fingerprint density at radius 3 is 2.88 bits per heavy atom. The summed E-state index contributed by atoms with van der Waals surface area (Å²) in [6.07, 6.45) is 1.34. The third-order valence-corrected chi connectivity index (χ3v) is 2.31. The maximum absolute atomic E-state index is 11.5. The minimum absolute atomic E-state index is 0.0668. The summed E-state index contributed by atoms with van der Waals surface area (Å²) < 4.78 is 5.25. The number of aromatic amines is 1. The molecule has 0 aliphatic rings. The number of carbonyl (C=O) groups is 1. The molecular weight excluding hydrogens is 218 g/mol. The van der Waals surface area contributed by atoms with Crippen molar-refractivity contribution in [3.63, 3.8) is 0 Å². The van der Waals surface area contributed by atoms with Crippen LogP contribution in [0, 0.1) is 0 Å². The molecule has 0 atom stereocenters. The highest BCUT2D eigenvalue weighted by atomic mass is 16.5. The van der Waals surface area contributed by atoms with E-state index in [-0.39, 0.29) is 5.91 Å². The van der Waals surface area contributed by atoms with Crippen molar-refractivity contribution in [1.29, 1.82) is 0 Å². The first-order valence-corrected chi connectivity index (χ1v) is 6.06. The summed E-state index contributed by atoms with van der Waals surface area (Å²) >= 11 is 0. The van der Waals surface area contributed by atoms with E-state index in [2.05, 4.69) is 29.4 Å². The van der Waals surface area contributed by atoms with Crippen molar-refractivity contribution in [1.82, 2.24) is 10.2 Å². The predicted octanol–water partition coefficient (Wildman–Crippen LogP) is 2.29. The number of rotatable bonds is 7. The lowest BCUT2D eigenvalue weighted by atomic mass is 10.1. The molecule has 0 bridgehead atoms. The number of hydrogen-bond acceptors (Lipinski definition) is 3. The van der Waals surface area contributed by atoms with Gasteiger partial charge in [-0.15, -0.1) is 0 Å². The Bertz CT molecular complexity index is 347. The van der Waals surface area contributed by atoms with Crippen LogP contribution >= 0.6 is 0 Å². The van der Waals surface area contributed by atoms with Crippen molar-refractivity contribution >= 4 is 11.7 Å². The molecule has 0 fully saturated rings. The minimum atomic E-state index is -0.0668. The summed E-state index contributed by atoms with van der Waals surface area (Å²) in [7, 11) is 0. The van der Waals surface area contributed by atoms with E-state index in [9.17, 15) is 4.79 Å². The number of aromatic nitrogens is 2. The third kappa shape index (κ3) is 4.99. The van der Waals surface area contributed by atoms with Gasteiger partial charge < -0.3 is 10.1 Å². The van der Waals surface area contributed by atoms with Crippen molar-refractivity contribution in [2.24, 2.45) is 0 Å². The van der Waals surface area contributed by atoms with E-state index >= 15 is 0 Å². The van der Waals surface area contributed by atoms with Gasteiger partial charge in [-0.2, -0.15) is 5.10 Å². The van der Waals surface area contributed by atoms with Gasteiger partial charge in [0.15, 0.2) is 5.82 Å². The van der Waals surface area contributed by atoms with Crippen LogP contribution in [0.1, 0.15) is 45.2 Å². The lowest BCUT2D eigenvalue weighted by Crippen LogP contribution is -2.14. The van der Waals surface area contributed by atoms with Gasteiger partial charge in [0.25, 0.3) is 0 Å². The molecule has 1 aromatic heterocycles. The van der Waals surface area contributed by atoms with Crippen LogP contribution in [-0.2, 0) is 9.53 Å². The fourth-order valence-electron chi connectivity index (χ4n) is 1.31. The molecular formula is C12H21N3O2. The van der Waals surface area contributed by atoms with Crippen LogP contribution in [0.15, 0.2) is 6.07 Å². The van der Waals surface area contributed by atoms with Crippen LogP contribution in [0.3, 0.4) is 0 Å². The van der Waals surface area contributed by atoms with Crippen molar-refractivity contribution in [2.45, 2.75) is 39.5 Å². The summed E-state index contributed by atoms with van der Waals surface area (Å²) in [5.41, 5.74) is 1.02. The third-order valence-electron chi connectivity index (χ3n) is 2.31. The standard InChI is InChI=1S/C12H21N3O2/c1-4-6-17-7-5-12(16)13-11-8-10(9(2)3)14-15-11/h8-9H,4-7H2,1-3H3,(H2,13,14,15,16). The van der Waals surface area contributed by atoms with Gasteiger partial charge in [0.2, 0.25) is 5.91 Å². The molecule has 0 saturated carbocycles. The van der Waals surface area contributed by atoms with Crippen molar-refractivity contribution in [3.8, 4) is 0 Å². The smallest absolute Gasteiger partial charge is 0.227 e. The molecule has 0 aliphatic carbocycles. The van der Waals surface area contributed by atoms with E-state index in [1.54, 1.807) is 0 Å². The second-order valence-electron chi connectivity index (χ2n) is 4.27. The second-order valence-corrected chi connectivity index (χ2v) is 4.27. The molecule has 0 spiro atoms. The summed E-state index contributed by atoms with van der Waals surface area (Å²) in [6.45, 7) is 7.33. The average molecular weight is 239 g/mol. The van der Waals surface area contributed by atoms with Gasteiger partial charge in [-0.05, 0) is 12.3 Å². The molecule has 96 valence electrons. The average Bonchev–Trinajstić information content (AvgIpc) is 2.73. The zero-order valence-electron chi connectivity index (χ0n) is 10.7. The van der Waals surface area contributed by atoms with E-state index in [1.807, 2.05) is 13.0 Å². The maximum Gasteiger partial charge on any atom is 0.227 e. The first-order valence-electron chi connectivity index (χ1n) is 6.06. The predicted molar refractivity (Wildman–Crippen MR) is 67.0 cm³/mol. The molecule has 5 nitrogen and oxygen atoms in total. The summed E-state index contributed by atoms with van der Waals surface area (Å²) in [5, 5.41) is 9.65. The topological polar surface area (TPSA) is 67.0 Å². The second kappa shape index (κ2) is 7.06. The molecule has 2 N–H and O–H groups in total. The Morgan fingerprint density at radius 1 is 1.53 bits per heavy atom. The van der Waals surface area contributed by atoms with Crippen molar-refractivity contribution in [3.05, 3.63) is 11.8 Å². The Labute approximate surface area is 102 Å². The molecule has 0 aliphatic heterocycles. The van der Waals surface area contributed by atoms with Gasteiger partial charge in [0, 0.05) is 18.4 Å². The highest BCUT2D eigenvalue weighted by Gasteiger charge is 2.07. The lowest BCUT2D eigenvalue weighted by Gasteiger charge is -2.02. The highest BCUT2D eigenvalue weighted by molar-refractivity contribution is 5.89. The van der Waals surface area contributed by atoms with Crippen molar-refractivity contribution < 1.29 is 9.53 Å². The lowest BCUT2D eigenvalue weighted by molar-refractivity contribution is -0.117. The van der Waals surface area contributed by atoms with Crippen LogP contribution in [0.5, 0.6) is 0 Å². The first kappa shape index (κ1) is 13.7. The molecule has 0 saturated heterocycles. The van der Waals surface area contributed by atoms with Gasteiger partial charge in [-0.3, -0.25) is 9.89 Å². The van der Waals surface area contributed by atoms with E-state index < -0.39 is 0 Å². The number of hydrogen-bond donors (Lipinski definition) is 2. The quantitative estimate of drug-likeness (QED) is 0.717. The first-order chi connectivity index (χ1) is 8.13. The Balaban J connectivity index is 2.29. The number of nitrogens with one attached hydrogen (secondary N) is 2. The zero-order chi connectivity index (χ0) is 12.7. The number of carbonyl (C=O) groups excluding carboxylic acids is 1. The van der Waals surface area contributed by atoms with Gasteiger partial charge >= 0.3 is 0 Å². The Kier molecular flexibility index (Phi) is 5.69. The molecule has 1 amide bonds. The van der Waals surface area contributed by atoms with Gasteiger partial charge in [0.1, 0.15) is 0 Å². The van der Waals surface area contributed by atoms with Crippen molar-refractivity contribution in [2.75, 3.05) is 18.5 Å². The normalized spacial score (nSPS) is 10.8. The van der Waals surface area contributed by atoms with Gasteiger partial charge in [-0.25, -0.2) is 0 Å².